The molecule has 0 aliphatic carbocycles. The number of rotatable bonds is 3. The minimum atomic E-state index is 0.275. The van der Waals surface area contributed by atoms with Crippen molar-refractivity contribution in [1.29, 1.82) is 0 Å². The van der Waals surface area contributed by atoms with E-state index < -0.39 is 0 Å². The summed E-state index contributed by atoms with van der Waals surface area (Å²) in [6, 6.07) is 18.6. The first-order valence-corrected chi connectivity index (χ1v) is 9.14. The minimum Gasteiger partial charge on any atom is -0.496 e. The summed E-state index contributed by atoms with van der Waals surface area (Å²) in [4.78, 5) is 6.09. The number of fused-ring (bicyclic) bond motifs is 1. The molecule has 0 N–H and O–H groups in total. The molecule has 25 heavy (non-hydrogen) atoms. The largest absolute Gasteiger partial charge is 0.496 e. The molecule has 4 rings (SSSR count). The van der Waals surface area contributed by atoms with Crippen molar-refractivity contribution in [1.82, 2.24) is 0 Å². The maximum Gasteiger partial charge on any atom is 0.148 e. The van der Waals surface area contributed by atoms with Gasteiger partial charge in [0.2, 0.25) is 0 Å². The Labute approximate surface area is 151 Å². The number of nitrogens with zero attached hydrogens (tertiary/aromatic N) is 1. The number of aryl methyl sites for hydroxylation is 1. The predicted octanol–water partition coefficient (Wildman–Crippen LogP) is 5.95. The summed E-state index contributed by atoms with van der Waals surface area (Å²) in [6.07, 6.45) is 2.52. The van der Waals surface area contributed by atoms with Crippen molar-refractivity contribution >= 4 is 23.2 Å². The van der Waals surface area contributed by atoms with Crippen LogP contribution in [0.25, 0.3) is 0 Å². The van der Waals surface area contributed by atoms with Gasteiger partial charge in [-0.05, 0) is 48.4 Å². The molecule has 1 unspecified atom stereocenters. The van der Waals surface area contributed by atoms with Gasteiger partial charge in [-0.2, -0.15) is 0 Å². The highest BCUT2D eigenvalue weighted by Crippen LogP contribution is 2.46. The van der Waals surface area contributed by atoms with Gasteiger partial charge in [-0.1, -0.05) is 24.3 Å². The zero-order valence-corrected chi connectivity index (χ0v) is 15.0. The molecule has 0 amide bonds. The predicted molar refractivity (Wildman–Crippen MR) is 102 cm³/mol. The molecule has 1 aliphatic rings. The van der Waals surface area contributed by atoms with E-state index in [-0.39, 0.29) is 5.25 Å². The quantitative estimate of drug-likeness (QED) is 0.585. The molecule has 1 aliphatic heterocycles. The molecule has 0 saturated carbocycles. The highest BCUT2D eigenvalue weighted by molar-refractivity contribution is 7.99. The summed E-state index contributed by atoms with van der Waals surface area (Å²) >= 11 is 1.86. The molecule has 0 radical (unpaired) electrons. The molecule has 0 fully saturated rings. The van der Waals surface area contributed by atoms with Crippen LogP contribution in [-0.2, 0) is 0 Å². The standard InChI is InChI=1S/C21H19NO2S/c1-14-12-15(9-10-18(14)23-2)21-13-17(19-7-5-11-24-19)22-16-6-3-4-8-20(16)25-21/h3-12,21H,13H2,1-2H3. The van der Waals surface area contributed by atoms with Crippen LogP contribution in [0, 0.1) is 6.92 Å². The van der Waals surface area contributed by atoms with Gasteiger partial charge in [0.05, 0.1) is 24.8 Å². The Bertz CT molecular complexity index is 915. The van der Waals surface area contributed by atoms with E-state index in [1.165, 1.54) is 10.5 Å². The number of ether oxygens (including phenoxy) is 1. The van der Waals surface area contributed by atoms with Crippen LogP contribution in [0.5, 0.6) is 5.75 Å². The normalized spacial score (nSPS) is 16.7. The van der Waals surface area contributed by atoms with Crippen molar-refractivity contribution < 1.29 is 9.15 Å². The number of benzene rings is 2. The number of aliphatic imine (C=N–C) groups is 1. The van der Waals surface area contributed by atoms with Gasteiger partial charge < -0.3 is 9.15 Å². The zero-order valence-electron chi connectivity index (χ0n) is 14.2. The third kappa shape index (κ3) is 3.22. The van der Waals surface area contributed by atoms with Crippen molar-refractivity contribution in [3.05, 3.63) is 77.7 Å². The second kappa shape index (κ2) is 6.81. The van der Waals surface area contributed by atoms with E-state index in [0.717, 1.165) is 34.9 Å². The fourth-order valence-corrected chi connectivity index (χ4v) is 4.32. The van der Waals surface area contributed by atoms with Crippen molar-refractivity contribution in [3.63, 3.8) is 0 Å². The summed E-state index contributed by atoms with van der Waals surface area (Å²) in [5, 5.41) is 0.275. The third-order valence-corrected chi connectivity index (χ3v) is 5.69. The SMILES string of the molecule is COc1ccc(C2CC(c3ccco3)=Nc3ccccc3S2)cc1C. The van der Waals surface area contributed by atoms with Gasteiger partial charge in [-0.3, -0.25) is 0 Å². The van der Waals surface area contributed by atoms with E-state index >= 15 is 0 Å². The van der Waals surface area contributed by atoms with Gasteiger partial charge in [-0.25, -0.2) is 4.99 Å². The number of furan rings is 1. The molecule has 126 valence electrons. The lowest BCUT2D eigenvalue weighted by Gasteiger charge is -2.17. The van der Waals surface area contributed by atoms with Gasteiger partial charge in [0.25, 0.3) is 0 Å². The summed E-state index contributed by atoms with van der Waals surface area (Å²) in [5.41, 5.74) is 4.42. The van der Waals surface area contributed by atoms with E-state index in [1.807, 2.05) is 36.0 Å². The average Bonchev–Trinajstić information content (AvgIpc) is 3.09. The summed E-state index contributed by atoms with van der Waals surface area (Å²) in [6.45, 7) is 2.08. The number of hydrogen-bond acceptors (Lipinski definition) is 4. The van der Waals surface area contributed by atoms with Crippen LogP contribution in [0.4, 0.5) is 5.69 Å². The van der Waals surface area contributed by atoms with Gasteiger partial charge in [0, 0.05) is 16.6 Å². The van der Waals surface area contributed by atoms with Crippen LogP contribution in [0.1, 0.15) is 28.6 Å². The number of thioether (sulfide) groups is 1. The molecule has 2 heterocycles. The summed E-state index contributed by atoms with van der Waals surface area (Å²) < 4.78 is 11.0. The molecule has 2 aromatic carbocycles. The van der Waals surface area contributed by atoms with E-state index in [4.69, 9.17) is 14.1 Å². The monoisotopic (exact) mass is 349 g/mol. The van der Waals surface area contributed by atoms with Gasteiger partial charge in [-0.15, -0.1) is 11.8 Å². The first-order chi connectivity index (χ1) is 12.2. The zero-order chi connectivity index (χ0) is 17.2. The van der Waals surface area contributed by atoms with E-state index in [1.54, 1.807) is 13.4 Å². The van der Waals surface area contributed by atoms with Crippen molar-refractivity contribution in [3.8, 4) is 5.75 Å². The van der Waals surface area contributed by atoms with Crippen molar-refractivity contribution in [2.24, 2.45) is 4.99 Å². The number of hydrogen-bond donors (Lipinski definition) is 0. The lowest BCUT2D eigenvalue weighted by molar-refractivity contribution is 0.411. The molecule has 0 spiro atoms. The maximum absolute atomic E-state index is 5.63. The molecule has 0 saturated heterocycles. The molecular weight excluding hydrogens is 330 g/mol. The lowest BCUT2D eigenvalue weighted by atomic mass is 10.0. The first kappa shape index (κ1) is 16.0. The van der Waals surface area contributed by atoms with E-state index in [0.29, 0.717) is 0 Å². The van der Waals surface area contributed by atoms with Crippen LogP contribution in [0.2, 0.25) is 0 Å². The van der Waals surface area contributed by atoms with Gasteiger partial charge >= 0.3 is 0 Å². The van der Waals surface area contributed by atoms with E-state index in [2.05, 4.69) is 37.3 Å². The van der Waals surface area contributed by atoms with Gasteiger partial charge in [0.1, 0.15) is 11.5 Å². The number of para-hydroxylation sites is 1. The second-order valence-corrected chi connectivity index (χ2v) is 7.29. The topological polar surface area (TPSA) is 34.7 Å². The van der Waals surface area contributed by atoms with Crippen LogP contribution >= 0.6 is 11.8 Å². The Balaban J connectivity index is 1.77. The Kier molecular flexibility index (Phi) is 4.36. The first-order valence-electron chi connectivity index (χ1n) is 8.26. The highest BCUT2D eigenvalue weighted by Gasteiger charge is 2.24. The Morgan fingerprint density at radius 3 is 2.76 bits per heavy atom. The molecule has 1 aromatic heterocycles. The summed E-state index contributed by atoms with van der Waals surface area (Å²) in [7, 11) is 1.71. The Morgan fingerprint density at radius 1 is 1.12 bits per heavy atom. The Hall–Kier alpha value is -2.46. The summed E-state index contributed by atoms with van der Waals surface area (Å²) in [5.74, 6) is 1.76. The molecule has 4 heteroatoms. The highest BCUT2D eigenvalue weighted by atomic mass is 32.2. The fourth-order valence-electron chi connectivity index (χ4n) is 3.10. The molecular formula is C21H19NO2S. The molecule has 3 aromatic rings. The Morgan fingerprint density at radius 2 is 2.00 bits per heavy atom. The van der Waals surface area contributed by atoms with Crippen molar-refractivity contribution in [2.45, 2.75) is 23.5 Å². The van der Waals surface area contributed by atoms with Gasteiger partial charge in [0.15, 0.2) is 0 Å². The molecule has 1 atom stereocenters. The van der Waals surface area contributed by atoms with Crippen LogP contribution in [0.3, 0.4) is 0 Å². The number of methoxy groups -OCH3 is 1. The van der Waals surface area contributed by atoms with Crippen LogP contribution < -0.4 is 4.74 Å². The third-order valence-electron chi connectivity index (χ3n) is 4.36. The average molecular weight is 349 g/mol. The molecule has 3 nitrogen and oxygen atoms in total. The molecule has 0 bridgehead atoms. The second-order valence-electron chi connectivity index (χ2n) is 6.04. The smallest absolute Gasteiger partial charge is 0.148 e. The van der Waals surface area contributed by atoms with Crippen molar-refractivity contribution in [2.75, 3.05) is 7.11 Å². The van der Waals surface area contributed by atoms with E-state index in [9.17, 15) is 0 Å². The van der Waals surface area contributed by atoms with Crippen LogP contribution in [0.15, 0.2) is 75.2 Å². The maximum atomic E-state index is 5.63. The van der Waals surface area contributed by atoms with Crippen LogP contribution in [-0.4, -0.2) is 12.8 Å². The lowest BCUT2D eigenvalue weighted by Crippen LogP contribution is -2.05. The fraction of sp³-hybridized carbons (Fsp3) is 0.190. The minimum absolute atomic E-state index is 0.275.